The summed E-state index contributed by atoms with van der Waals surface area (Å²) in [6, 6.07) is 10.1. The third kappa shape index (κ3) is 2.84. The van der Waals surface area contributed by atoms with Crippen molar-refractivity contribution in [1.29, 1.82) is 0 Å². The van der Waals surface area contributed by atoms with Crippen LogP contribution < -0.4 is 11.1 Å². The zero-order chi connectivity index (χ0) is 16.4. The van der Waals surface area contributed by atoms with Crippen molar-refractivity contribution in [3.05, 3.63) is 60.2 Å². The standard InChI is InChI=1S/C16H15N5O2/c1-10-12(17)6-11(16(23)21-9-18-8-19-21)7-14(10)20-13-4-2-3-5-15(13)22/h2-9,20,22H,17H2,1H3. The fourth-order valence-electron chi connectivity index (χ4n) is 2.16. The first kappa shape index (κ1) is 14.6. The number of carbonyl (C=O) groups is 1. The highest BCUT2D eigenvalue weighted by atomic mass is 16.3. The third-order valence-electron chi connectivity index (χ3n) is 3.50. The van der Waals surface area contributed by atoms with Crippen molar-refractivity contribution < 1.29 is 9.90 Å². The zero-order valence-corrected chi connectivity index (χ0v) is 12.4. The van der Waals surface area contributed by atoms with E-state index in [4.69, 9.17) is 5.73 Å². The quantitative estimate of drug-likeness (QED) is 0.506. The van der Waals surface area contributed by atoms with Crippen LogP contribution >= 0.6 is 0 Å². The Labute approximate surface area is 132 Å². The Morgan fingerprint density at radius 3 is 2.74 bits per heavy atom. The third-order valence-corrected chi connectivity index (χ3v) is 3.50. The highest BCUT2D eigenvalue weighted by Gasteiger charge is 2.14. The molecule has 1 heterocycles. The number of rotatable bonds is 3. The Hall–Kier alpha value is -3.35. The molecule has 0 saturated carbocycles. The van der Waals surface area contributed by atoms with Gasteiger partial charge in [-0.15, -0.1) is 0 Å². The van der Waals surface area contributed by atoms with Gasteiger partial charge in [0.15, 0.2) is 0 Å². The summed E-state index contributed by atoms with van der Waals surface area (Å²) in [6.45, 7) is 1.83. The van der Waals surface area contributed by atoms with E-state index in [0.29, 0.717) is 22.6 Å². The molecular formula is C16H15N5O2. The summed E-state index contributed by atoms with van der Waals surface area (Å²) in [7, 11) is 0. The second-order valence-electron chi connectivity index (χ2n) is 5.03. The van der Waals surface area contributed by atoms with Crippen molar-refractivity contribution in [2.75, 3.05) is 11.1 Å². The number of phenols is 1. The maximum Gasteiger partial charge on any atom is 0.279 e. The molecule has 0 unspecified atom stereocenters. The molecule has 0 aliphatic heterocycles. The second kappa shape index (κ2) is 5.80. The van der Waals surface area contributed by atoms with Gasteiger partial charge in [0.05, 0.1) is 5.69 Å². The van der Waals surface area contributed by atoms with E-state index in [9.17, 15) is 9.90 Å². The molecule has 0 amide bonds. The second-order valence-corrected chi connectivity index (χ2v) is 5.03. The average Bonchev–Trinajstić information content (AvgIpc) is 3.07. The Morgan fingerprint density at radius 1 is 1.26 bits per heavy atom. The van der Waals surface area contributed by atoms with E-state index in [1.165, 1.54) is 12.7 Å². The number of phenolic OH excluding ortho intramolecular Hbond substituents is 1. The molecule has 23 heavy (non-hydrogen) atoms. The number of aromatic hydroxyl groups is 1. The van der Waals surface area contributed by atoms with Gasteiger partial charge in [0.25, 0.3) is 5.91 Å². The molecule has 0 atom stereocenters. The number of nitrogen functional groups attached to an aromatic ring is 1. The number of para-hydroxylation sites is 2. The van der Waals surface area contributed by atoms with Crippen LogP contribution in [0.3, 0.4) is 0 Å². The van der Waals surface area contributed by atoms with Crippen LogP contribution in [-0.2, 0) is 0 Å². The molecule has 0 saturated heterocycles. The number of nitrogens with one attached hydrogen (secondary N) is 1. The van der Waals surface area contributed by atoms with Gasteiger partial charge in [-0.05, 0) is 36.8 Å². The molecule has 0 aliphatic rings. The van der Waals surface area contributed by atoms with Gasteiger partial charge in [0.2, 0.25) is 0 Å². The lowest BCUT2D eigenvalue weighted by molar-refractivity contribution is 0.0945. The lowest BCUT2D eigenvalue weighted by atomic mass is 10.1. The summed E-state index contributed by atoms with van der Waals surface area (Å²) in [5.41, 5.74) is 8.79. The normalized spacial score (nSPS) is 10.5. The Bertz CT molecular complexity index is 859. The van der Waals surface area contributed by atoms with Crippen molar-refractivity contribution in [1.82, 2.24) is 14.8 Å². The predicted octanol–water partition coefficient (Wildman–Crippen LogP) is 2.31. The highest BCUT2D eigenvalue weighted by Crippen LogP contribution is 2.31. The van der Waals surface area contributed by atoms with Crippen LogP contribution in [0.4, 0.5) is 17.1 Å². The fourth-order valence-corrected chi connectivity index (χ4v) is 2.16. The number of benzene rings is 2. The van der Waals surface area contributed by atoms with E-state index < -0.39 is 0 Å². The van der Waals surface area contributed by atoms with E-state index in [1.54, 1.807) is 36.4 Å². The van der Waals surface area contributed by atoms with Gasteiger partial charge >= 0.3 is 0 Å². The van der Waals surface area contributed by atoms with E-state index >= 15 is 0 Å². The summed E-state index contributed by atoms with van der Waals surface area (Å²) >= 11 is 0. The highest BCUT2D eigenvalue weighted by molar-refractivity contribution is 5.98. The van der Waals surface area contributed by atoms with Crippen molar-refractivity contribution in [3.63, 3.8) is 0 Å². The number of nitrogens with zero attached hydrogens (tertiary/aromatic N) is 3. The molecule has 0 fully saturated rings. The number of anilines is 3. The monoisotopic (exact) mass is 309 g/mol. The summed E-state index contributed by atoms with van der Waals surface area (Å²) in [5.74, 6) is -0.229. The number of carbonyl (C=O) groups excluding carboxylic acids is 1. The van der Waals surface area contributed by atoms with Crippen LogP contribution in [0.15, 0.2) is 49.1 Å². The minimum Gasteiger partial charge on any atom is -0.506 e. The van der Waals surface area contributed by atoms with Crippen LogP contribution in [0.1, 0.15) is 15.9 Å². The van der Waals surface area contributed by atoms with Crippen molar-refractivity contribution in [2.24, 2.45) is 0 Å². The van der Waals surface area contributed by atoms with Crippen molar-refractivity contribution >= 4 is 23.0 Å². The molecule has 3 aromatic rings. The van der Waals surface area contributed by atoms with Gasteiger partial charge in [-0.3, -0.25) is 4.79 Å². The molecule has 116 valence electrons. The zero-order valence-electron chi connectivity index (χ0n) is 12.4. The largest absolute Gasteiger partial charge is 0.506 e. The number of nitrogens with two attached hydrogens (primary N) is 1. The molecule has 0 radical (unpaired) electrons. The maximum atomic E-state index is 12.4. The van der Waals surface area contributed by atoms with Crippen molar-refractivity contribution in [3.8, 4) is 5.75 Å². The molecule has 0 aliphatic carbocycles. The van der Waals surface area contributed by atoms with Crippen LogP contribution in [0.5, 0.6) is 5.75 Å². The maximum absolute atomic E-state index is 12.4. The Kier molecular flexibility index (Phi) is 3.68. The fraction of sp³-hybridized carbons (Fsp3) is 0.0625. The van der Waals surface area contributed by atoms with Crippen LogP contribution in [0, 0.1) is 6.92 Å². The SMILES string of the molecule is Cc1c(N)cc(C(=O)n2cncn2)cc1Nc1ccccc1O. The van der Waals surface area contributed by atoms with Gasteiger partial charge in [0, 0.05) is 16.9 Å². The lowest BCUT2D eigenvalue weighted by Crippen LogP contribution is -2.13. The van der Waals surface area contributed by atoms with Crippen molar-refractivity contribution in [2.45, 2.75) is 6.92 Å². The first-order chi connectivity index (χ1) is 11.1. The predicted molar refractivity (Wildman–Crippen MR) is 86.7 cm³/mol. The average molecular weight is 309 g/mol. The molecule has 0 spiro atoms. The summed E-state index contributed by atoms with van der Waals surface area (Å²) < 4.78 is 1.13. The van der Waals surface area contributed by atoms with Gasteiger partial charge in [0.1, 0.15) is 18.4 Å². The van der Waals surface area contributed by atoms with Crippen LogP contribution in [0.25, 0.3) is 0 Å². The molecule has 7 heteroatoms. The van der Waals surface area contributed by atoms with Gasteiger partial charge in [-0.25, -0.2) is 4.98 Å². The van der Waals surface area contributed by atoms with Crippen LogP contribution in [0.2, 0.25) is 0 Å². The summed E-state index contributed by atoms with van der Waals surface area (Å²) in [6.07, 6.45) is 2.62. The molecule has 1 aromatic heterocycles. The summed E-state index contributed by atoms with van der Waals surface area (Å²) in [4.78, 5) is 16.1. The topological polar surface area (TPSA) is 106 Å². The summed E-state index contributed by atoms with van der Waals surface area (Å²) in [5, 5.41) is 16.8. The van der Waals surface area contributed by atoms with Crippen LogP contribution in [-0.4, -0.2) is 25.8 Å². The molecule has 4 N–H and O–H groups in total. The Balaban J connectivity index is 2.01. The molecule has 2 aromatic carbocycles. The van der Waals surface area contributed by atoms with E-state index in [1.807, 2.05) is 6.92 Å². The molecule has 3 rings (SSSR count). The number of hydrogen-bond donors (Lipinski definition) is 3. The van der Waals surface area contributed by atoms with E-state index in [0.717, 1.165) is 10.2 Å². The number of aromatic nitrogens is 3. The minimum absolute atomic E-state index is 0.110. The smallest absolute Gasteiger partial charge is 0.279 e. The van der Waals surface area contributed by atoms with Gasteiger partial charge in [-0.2, -0.15) is 9.78 Å². The first-order valence-electron chi connectivity index (χ1n) is 6.90. The Morgan fingerprint density at radius 2 is 2.04 bits per heavy atom. The molecular weight excluding hydrogens is 294 g/mol. The lowest BCUT2D eigenvalue weighted by Gasteiger charge is -2.14. The van der Waals surface area contributed by atoms with Gasteiger partial charge in [-0.1, -0.05) is 12.1 Å². The van der Waals surface area contributed by atoms with E-state index in [2.05, 4.69) is 15.4 Å². The van der Waals surface area contributed by atoms with Gasteiger partial charge < -0.3 is 16.2 Å². The van der Waals surface area contributed by atoms with E-state index in [-0.39, 0.29) is 11.7 Å². The minimum atomic E-state index is -0.338. The molecule has 7 nitrogen and oxygen atoms in total. The molecule has 0 bridgehead atoms. The number of hydrogen-bond acceptors (Lipinski definition) is 6. The first-order valence-corrected chi connectivity index (χ1v) is 6.90.